The Morgan fingerprint density at radius 2 is 1.71 bits per heavy atom. The van der Waals surface area contributed by atoms with Crippen molar-refractivity contribution in [2.24, 2.45) is 0 Å². The molecule has 0 saturated carbocycles. The van der Waals surface area contributed by atoms with Gasteiger partial charge in [0.05, 0.1) is 11.5 Å². The van der Waals surface area contributed by atoms with Crippen LogP contribution in [0.15, 0.2) is 35.0 Å². The molecule has 1 aromatic rings. The van der Waals surface area contributed by atoms with E-state index in [1.54, 1.807) is 24.3 Å². The Balaban J connectivity index is 1.94. The third-order valence-electron chi connectivity index (χ3n) is 3.64. The summed E-state index contributed by atoms with van der Waals surface area (Å²) in [6.45, 7) is 0. The van der Waals surface area contributed by atoms with E-state index in [-0.39, 0.29) is 45.2 Å². The lowest BCUT2D eigenvalue weighted by Crippen LogP contribution is -2.36. The zero-order valence-electron chi connectivity index (χ0n) is 10.9. The van der Waals surface area contributed by atoms with E-state index < -0.39 is 15.6 Å². The number of halogens is 1. The average Bonchev–Trinajstić information content (AvgIpc) is 2.80. The summed E-state index contributed by atoms with van der Waals surface area (Å²) >= 11 is 6.00. The van der Waals surface area contributed by atoms with Gasteiger partial charge in [-0.3, -0.25) is 9.59 Å². The van der Waals surface area contributed by atoms with E-state index >= 15 is 0 Å². The summed E-state index contributed by atoms with van der Waals surface area (Å²) in [5, 5.41) is 2.66. The lowest BCUT2D eigenvalue weighted by Gasteiger charge is -2.21. The summed E-state index contributed by atoms with van der Waals surface area (Å²) in [6.07, 6.45) is 0.402. The van der Waals surface area contributed by atoms with Crippen molar-refractivity contribution >= 4 is 33.0 Å². The van der Waals surface area contributed by atoms with Crippen molar-refractivity contribution in [3.05, 3.63) is 46.1 Å². The van der Waals surface area contributed by atoms with Crippen LogP contribution < -0.4 is 5.32 Å². The van der Waals surface area contributed by atoms with E-state index in [1.165, 1.54) is 0 Å². The molecule has 7 heteroatoms. The van der Waals surface area contributed by atoms with Gasteiger partial charge in [-0.15, -0.1) is 0 Å². The molecule has 0 amide bonds. The molecule has 0 radical (unpaired) electrons. The molecule has 110 valence electrons. The van der Waals surface area contributed by atoms with Crippen molar-refractivity contribution in [1.29, 1.82) is 0 Å². The van der Waals surface area contributed by atoms with Crippen molar-refractivity contribution in [1.82, 2.24) is 5.32 Å². The van der Waals surface area contributed by atoms with Crippen LogP contribution in [0.2, 0.25) is 0 Å². The largest absolute Gasteiger partial charge is 0.377 e. The monoisotopic (exact) mass is 325 g/mol. The Kier molecular flexibility index (Phi) is 3.37. The van der Waals surface area contributed by atoms with Crippen LogP contribution in [0.3, 0.4) is 0 Å². The van der Waals surface area contributed by atoms with E-state index in [0.717, 1.165) is 0 Å². The van der Waals surface area contributed by atoms with E-state index in [4.69, 9.17) is 11.6 Å². The second kappa shape index (κ2) is 4.96. The second-order valence-electron chi connectivity index (χ2n) is 5.14. The van der Waals surface area contributed by atoms with Crippen LogP contribution in [-0.4, -0.2) is 37.5 Å². The molecule has 0 bridgehead atoms. The van der Waals surface area contributed by atoms with Gasteiger partial charge in [-0.05, 0) is 6.42 Å². The molecule has 1 heterocycles. The van der Waals surface area contributed by atoms with Gasteiger partial charge in [0, 0.05) is 17.2 Å². The highest BCUT2D eigenvalue weighted by Crippen LogP contribution is 2.28. The van der Waals surface area contributed by atoms with Gasteiger partial charge >= 0.3 is 0 Å². The number of ketones is 2. The fraction of sp³-hybridized carbons (Fsp3) is 0.286. The summed E-state index contributed by atoms with van der Waals surface area (Å²) in [4.78, 5) is 24.6. The third-order valence-corrected chi connectivity index (χ3v) is 5.77. The Morgan fingerprint density at radius 1 is 1.10 bits per heavy atom. The van der Waals surface area contributed by atoms with Gasteiger partial charge in [0.25, 0.3) is 0 Å². The molecule has 3 rings (SSSR count). The summed E-state index contributed by atoms with van der Waals surface area (Å²) < 4.78 is 22.9. The molecule has 2 aliphatic rings. The second-order valence-corrected chi connectivity index (χ2v) is 7.74. The predicted octanol–water partition coefficient (Wildman–Crippen LogP) is 1.29. The lowest BCUT2D eigenvalue weighted by atomic mass is 9.92. The molecule has 1 atom stereocenters. The number of rotatable bonds is 2. The van der Waals surface area contributed by atoms with Gasteiger partial charge in [-0.1, -0.05) is 35.9 Å². The van der Waals surface area contributed by atoms with E-state index in [2.05, 4.69) is 5.32 Å². The van der Waals surface area contributed by atoms with Crippen molar-refractivity contribution in [2.75, 3.05) is 11.5 Å². The molecule has 1 N–H and O–H groups in total. The minimum absolute atomic E-state index is 0.00228. The quantitative estimate of drug-likeness (QED) is 0.886. The number of hydrogen-bond acceptors (Lipinski definition) is 5. The van der Waals surface area contributed by atoms with Crippen LogP contribution in [0.1, 0.15) is 27.1 Å². The first-order valence-electron chi connectivity index (χ1n) is 6.44. The molecule has 0 aromatic heterocycles. The first kappa shape index (κ1) is 14.3. The summed E-state index contributed by atoms with van der Waals surface area (Å²) in [5.41, 5.74) is 0.565. The van der Waals surface area contributed by atoms with E-state index in [1.807, 2.05) is 0 Å². The molecule has 5 nitrogen and oxygen atoms in total. The maximum atomic E-state index is 12.4. The number of Topliss-reactive ketones (excluding diaryl/α,β-unsaturated/α-hetero) is 2. The number of allylic oxidation sites excluding steroid dienone is 2. The molecule has 1 aliphatic carbocycles. The molecule has 0 spiro atoms. The molecule has 21 heavy (non-hydrogen) atoms. The lowest BCUT2D eigenvalue weighted by molar-refractivity contribution is 0.0973. The molecular weight excluding hydrogens is 314 g/mol. The van der Waals surface area contributed by atoms with Crippen LogP contribution in [0.4, 0.5) is 0 Å². The number of hydrogen-bond donors (Lipinski definition) is 1. The number of fused-ring (bicyclic) bond motifs is 1. The molecule has 1 aromatic carbocycles. The van der Waals surface area contributed by atoms with Crippen molar-refractivity contribution in [3.63, 3.8) is 0 Å². The molecular formula is C14H12ClNO4S. The summed E-state index contributed by atoms with van der Waals surface area (Å²) in [7, 11) is -3.08. The van der Waals surface area contributed by atoms with Gasteiger partial charge in [-0.2, -0.15) is 0 Å². The Hall–Kier alpha value is -1.66. The molecule has 1 saturated heterocycles. The first-order valence-corrected chi connectivity index (χ1v) is 8.64. The average molecular weight is 326 g/mol. The number of benzene rings is 1. The Bertz CT molecular complexity index is 782. The zero-order chi connectivity index (χ0) is 15.2. The highest BCUT2D eigenvalue weighted by Gasteiger charge is 2.35. The van der Waals surface area contributed by atoms with Crippen LogP contribution in [0.25, 0.3) is 0 Å². The van der Waals surface area contributed by atoms with Crippen LogP contribution in [0.5, 0.6) is 0 Å². The Labute approximate surface area is 126 Å². The van der Waals surface area contributed by atoms with E-state index in [9.17, 15) is 18.0 Å². The predicted molar refractivity (Wildman–Crippen MR) is 78.2 cm³/mol. The van der Waals surface area contributed by atoms with Crippen LogP contribution >= 0.6 is 11.6 Å². The van der Waals surface area contributed by atoms with Gasteiger partial charge in [0.1, 0.15) is 10.7 Å². The molecule has 1 fully saturated rings. The van der Waals surface area contributed by atoms with Gasteiger partial charge in [0.15, 0.2) is 9.84 Å². The van der Waals surface area contributed by atoms with Crippen molar-refractivity contribution < 1.29 is 18.0 Å². The van der Waals surface area contributed by atoms with Crippen LogP contribution in [-0.2, 0) is 9.84 Å². The van der Waals surface area contributed by atoms with Crippen molar-refractivity contribution in [2.45, 2.75) is 12.5 Å². The van der Waals surface area contributed by atoms with Gasteiger partial charge in [-0.25, -0.2) is 8.42 Å². The van der Waals surface area contributed by atoms with E-state index in [0.29, 0.717) is 6.42 Å². The fourth-order valence-electron chi connectivity index (χ4n) is 2.59. The summed E-state index contributed by atoms with van der Waals surface area (Å²) in [5.74, 6) is -0.771. The number of carbonyl (C=O) groups is 2. The smallest absolute Gasteiger partial charge is 0.211 e. The van der Waals surface area contributed by atoms with Crippen LogP contribution in [0, 0.1) is 0 Å². The number of carbonyl (C=O) groups excluding carboxylic acids is 2. The zero-order valence-corrected chi connectivity index (χ0v) is 12.5. The third kappa shape index (κ3) is 2.49. The minimum Gasteiger partial charge on any atom is -0.377 e. The molecule has 1 unspecified atom stereocenters. The number of nitrogens with one attached hydrogen (secondary N) is 1. The first-order chi connectivity index (χ1) is 9.89. The SMILES string of the molecule is O=C1C(Cl)=C(NC2CCS(=O)(=O)C2)C(=O)c2ccccc21. The molecule has 1 aliphatic heterocycles. The van der Waals surface area contributed by atoms with Crippen molar-refractivity contribution in [3.8, 4) is 0 Å². The highest BCUT2D eigenvalue weighted by atomic mass is 35.5. The normalized spacial score (nSPS) is 24.1. The standard InChI is InChI=1S/C14H12ClNO4S/c15-11-12(16-8-5-6-21(19,20)7-8)14(18)10-4-2-1-3-9(10)13(11)17/h1-4,8,16H,5-7H2. The highest BCUT2D eigenvalue weighted by molar-refractivity contribution is 7.91. The minimum atomic E-state index is -3.08. The van der Waals surface area contributed by atoms with Gasteiger partial charge < -0.3 is 5.32 Å². The van der Waals surface area contributed by atoms with Gasteiger partial charge in [0.2, 0.25) is 11.6 Å². The summed E-state index contributed by atoms with van der Waals surface area (Å²) in [6, 6.07) is 6.05. The fourth-order valence-corrected chi connectivity index (χ4v) is 4.50. The topological polar surface area (TPSA) is 80.3 Å². The number of sulfone groups is 1. The maximum Gasteiger partial charge on any atom is 0.211 e. The maximum absolute atomic E-state index is 12.4. The Morgan fingerprint density at radius 3 is 2.29 bits per heavy atom.